The lowest BCUT2D eigenvalue weighted by Crippen LogP contribution is -2.19. The molecule has 0 unspecified atom stereocenters. The first-order valence-electron chi connectivity index (χ1n) is 6.41. The minimum absolute atomic E-state index is 0.477. The van der Waals surface area contributed by atoms with Gasteiger partial charge >= 0.3 is 0 Å². The van der Waals surface area contributed by atoms with Crippen LogP contribution in [-0.4, -0.2) is 31.6 Å². The van der Waals surface area contributed by atoms with Gasteiger partial charge in [-0.1, -0.05) is 19.9 Å². The summed E-state index contributed by atoms with van der Waals surface area (Å²) in [5.74, 6) is 1.47. The number of nitrogens with zero attached hydrogens (tertiary/aromatic N) is 1. The lowest BCUT2D eigenvalue weighted by atomic mass is 9.95. The van der Waals surface area contributed by atoms with E-state index in [1.807, 2.05) is 7.05 Å². The van der Waals surface area contributed by atoms with Gasteiger partial charge in [0.05, 0.1) is 13.1 Å². The number of alkyl halides is 1. The number of likely N-dealkylation sites (N-methyl/N-ethyl adjacent to an activating group) is 1. The number of rotatable bonds is 6. The number of benzene rings is 1. The van der Waals surface area contributed by atoms with Crippen LogP contribution < -0.4 is 4.74 Å². The Kier molecular flexibility index (Phi) is 5.97. The van der Waals surface area contributed by atoms with Crippen LogP contribution in [0.3, 0.4) is 0 Å². The van der Waals surface area contributed by atoms with E-state index in [0.29, 0.717) is 11.9 Å². The van der Waals surface area contributed by atoms with Crippen LogP contribution in [0.15, 0.2) is 12.1 Å². The van der Waals surface area contributed by atoms with Gasteiger partial charge in [0.15, 0.2) is 0 Å². The minimum atomic E-state index is 0.477. The Hall–Kier alpha value is -0.730. The topological polar surface area (TPSA) is 12.5 Å². The average Bonchev–Trinajstić information content (AvgIpc) is 2.35. The normalized spacial score (nSPS) is 11.3. The number of aryl methyl sites for hydroxylation is 1. The van der Waals surface area contributed by atoms with Crippen LogP contribution in [0, 0.1) is 6.92 Å². The highest BCUT2D eigenvalue weighted by Crippen LogP contribution is 2.29. The summed E-state index contributed by atoms with van der Waals surface area (Å²) < 4.78 is 5.46. The molecule has 0 aliphatic carbocycles. The first-order valence-corrected chi connectivity index (χ1v) is 6.95. The molecule has 2 nitrogen and oxygen atoms in total. The first kappa shape index (κ1) is 15.3. The van der Waals surface area contributed by atoms with E-state index in [1.165, 1.54) is 16.7 Å². The van der Waals surface area contributed by atoms with Gasteiger partial charge in [-0.05, 0) is 49.1 Å². The molecule has 0 spiro atoms. The monoisotopic (exact) mass is 269 g/mol. The molecule has 0 amide bonds. The average molecular weight is 270 g/mol. The van der Waals surface area contributed by atoms with Crippen LogP contribution >= 0.6 is 11.6 Å². The third-order valence-corrected chi connectivity index (χ3v) is 3.69. The van der Waals surface area contributed by atoms with Gasteiger partial charge in [-0.2, -0.15) is 0 Å². The van der Waals surface area contributed by atoms with Crippen molar-refractivity contribution in [2.24, 2.45) is 0 Å². The fourth-order valence-corrected chi connectivity index (χ4v) is 2.13. The van der Waals surface area contributed by atoms with E-state index < -0.39 is 0 Å². The molecule has 3 heteroatoms. The van der Waals surface area contributed by atoms with Gasteiger partial charge in [-0.15, -0.1) is 11.6 Å². The molecule has 0 saturated carbocycles. The molecule has 102 valence electrons. The fraction of sp³-hybridized carbons (Fsp3) is 0.600. The molecule has 0 aliphatic rings. The predicted molar refractivity (Wildman–Crippen MR) is 78.9 cm³/mol. The van der Waals surface area contributed by atoms with Crippen molar-refractivity contribution in [1.29, 1.82) is 0 Å². The second-order valence-electron chi connectivity index (χ2n) is 5.12. The molecule has 0 fully saturated rings. The summed E-state index contributed by atoms with van der Waals surface area (Å²) >= 11 is 5.79. The van der Waals surface area contributed by atoms with E-state index >= 15 is 0 Å². The lowest BCUT2D eigenvalue weighted by Gasteiger charge is -2.18. The van der Waals surface area contributed by atoms with Gasteiger partial charge in [0.1, 0.15) is 5.75 Å². The van der Waals surface area contributed by atoms with E-state index in [4.69, 9.17) is 16.3 Å². The molecule has 0 saturated heterocycles. The number of ether oxygens (including phenoxy) is 1. The molecular weight excluding hydrogens is 246 g/mol. The van der Waals surface area contributed by atoms with Crippen LogP contribution in [-0.2, 0) is 6.42 Å². The Labute approximate surface area is 116 Å². The van der Waals surface area contributed by atoms with Crippen molar-refractivity contribution >= 4 is 11.6 Å². The van der Waals surface area contributed by atoms with Crippen molar-refractivity contribution in [2.75, 3.05) is 26.7 Å². The van der Waals surface area contributed by atoms with Gasteiger partial charge in [0, 0.05) is 6.54 Å². The molecule has 0 atom stereocenters. The summed E-state index contributed by atoms with van der Waals surface area (Å²) in [5, 5.41) is 0. The van der Waals surface area contributed by atoms with E-state index in [1.54, 1.807) is 7.11 Å². The summed E-state index contributed by atoms with van der Waals surface area (Å²) in [5.41, 5.74) is 3.96. The summed E-state index contributed by atoms with van der Waals surface area (Å²) in [6.07, 6.45) is 1.03. The number of methoxy groups -OCH3 is 1. The van der Waals surface area contributed by atoms with Crippen LogP contribution in [0.25, 0.3) is 0 Å². The van der Waals surface area contributed by atoms with Gasteiger partial charge < -0.3 is 4.74 Å². The molecule has 0 aliphatic heterocycles. The molecule has 0 heterocycles. The zero-order valence-electron chi connectivity index (χ0n) is 12.1. The standard InChI is InChI=1S/C15H24ClNO/c1-11(2)14-9-13(6-7-17(4)10-16)12(3)8-15(14)18-5/h8-9,11H,6-7,10H2,1-5H3. The number of hydrogen-bond acceptors (Lipinski definition) is 2. The molecular formula is C15H24ClNO. The smallest absolute Gasteiger partial charge is 0.122 e. The van der Waals surface area contributed by atoms with E-state index in [2.05, 4.69) is 37.8 Å². The second-order valence-corrected chi connectivity index (χ2v) is 5.36. The number of hydrogen-bond donors (Lipinski definition) is 0. The Bertz CT molecular complexity index is 390. The van der Waals surface area contributed by atoms with Gasteiger partial charge in [0.25, 0.3) is 0 Å². The van der Waals surface area contributed by atoms with Gasteiger partial charge in [-0.25, -0.2) is 0 Å². The maximum absolute atomic E-state index is 5.79. The Morgan fingerprint density at radius 1 is 1.33 bits per heavy atom. The van der Waals surface area contributed by atoms with Crippen molar-refractivity contribution < 1.29 is 4.74 Å². The molecule has 0 bridgehead atoms. The largest absolute Gasteiger partial charge is 0.496 e. The zero-order valence-corrected chi connectivity index (χ0v) is 12.8. The van der Waals surface area contributed by atoms with Crippen molar-refractivity contribution in [3.8, 4) is 5.75 Å². The molecule has 0 aromatic heterocycles. The minimum Gasteiger partial charge on any atom is -0.496 e. The quantitative estimate of drug-likeness (QED) is 0.575. The van der Waals surface area contributed by atoms with Gasteiger partial charge in [-0.3, -0.25) is 4.90 Å². The zero-order chi connectivity index (χ0) is 13.7. The second kappa shape index (κ2) is 7.01. The Balaban J connectivity index is 2.95. The first-order chi connectivity index (χ1) is 8.49. The van der Waals surface area contributed by atoms with Crippen molar-refractivity contribution in [3.63, 3.8) is 0 Å². The molecule has 1 rings (SSSR count). The van der Waals surface area contributed by atoms with Crippen LogP contribution in [0.4, 0.5) is 0 Å². The Morgan fingerprint density at radius 2 is 2.00 bits per heavy atom. The molecule has 18 heavy (non-hydrogen) atoms. The lowest BCUT2D eigenvalue weighted by molar-refractivity contribution is 0.392. The molecule has 0 N–H and O–H groups in total. The van der Waals surface area contributed by atoms with Gasteiger partial charge in [0.2, 0.25) is 0 Å². The van der Waals surface area contributed by atoms with Crippen molar-refractivity contribution in [2.45, 2.75) is 33.1 Å². The number of halogens is 1. The third-order valence-electron chi connectivity index (χ3n) is 3.28. The van der Waals surface area contributed by atoms with Crippen LogP contribution in [0.2, 0.25) is 0 Å². The fourth-order valence-electron chi connectivity index (χ4n) is 2.01. The summed E-state index contributed by atoms with van der Waals surface area (Å²) in [6, 6.07) is 5.00. The SMILES string of the molecule is COc1cc(C)c(CCN(C)CCl)cc1C(C)C. The van der Waals surface area contributed by atoms with E-state index in [0.717, 1.165) is 18.7 Å². The highest BCUT2D eigenvalue weighted by atomic mass is 35.5. The third kappa shape index (κ3) is 3.89. The molecule has 1 aromatic rings. The Morgan fingerprint density at radius 3 is 2.50 bits per heavy atom. The summed E-state index contributed by atoms with van der Waals surface area (Å²) in [7, 11) is 3.77. The molecule has 0 radical (unpaired) electrons. The van der Waals surface area contributed by atoms with Crippen molar-refractivity contribution in [1.82, 2.24) is 4.90 Å². The summed E-state index contributed by atoms with van der Waals surface area (Å²) in [4.78, 5) is 2.11. The maximum atomic E-state index is 5.79. The highest BCUT2D eigenvalue weighted by molar-refractivity contribution is 6.17. The molecule has 1 aromatic carbocycles. The highest BCUT2D eigenvalue weighted by Gasteiger charge is 2.11. The maximum Gasteiger partial charge on any atom is 0.122 e. The van der Waals surface area contributed by atoms with Crippen LogP contribution in [0.1, 0.15) is 36.5 Å². The van der Waals surface area contributed by atoms with E-state index in [9.17, 15) is 0 Å². The van der Waals surface area contributed by atoms with E-state index in [-0.39, 0.29) is 0 Å². The summed E-state index contributed by atoms with van der Waals surface area (Å²) in [6.45, 7) is 7.51. The predicted octanol–water partition coefficient (Wildman–Crippen LogP) is 3.80. The van der Waals surface area contributed by atoms with Crippen molar-refractivity contribution in [3.05, 3.63) is 28.8 Å². The van der Waals surface area contributed by atoms with Crippen LogP contribution in [0.5, 0.6) is 5.75 Å².